The lowest BCUT2D eigenvalue weighted by molar-refractivity contribution is 0.0950. The number of sulfonamides is 1. The van der Waals surface area contributed by atoms with Crippen molar-refractivity contribution in [1.29, 1.82) is 0 Å². The quantitative estimate of drug-likeness (QED) is 0.498. The van der Waals surface area contributed by atoms with Gasteiger partial charge in [0.2, 0.25) is 16.0 Å². The van der Waals surface area contributed by atoms with Gasteiger partial charge in [0.15, 0.2) is 11.6 Å². The number of halogens is 4. The van der Waals surface area contributed by atoms with E-state index in [1.807, 2.05) is 0 Å². The molecule has 2 atom stereocenters. The molecule has 1 aliphatic rings. The summed E-state index contributed by atoms with van der Waals surface area (Å²) in [6.45, 7) is 3.52. The predicted molar refractivity (Wildman–Crippen MR) is 126 cm³/mol. The molecule has 2 unspecified atom stereocenters. The molecule has 190 valence electrons. The van der Waals surface area contributed by atoms with Crippen LogP contribution in [0.2, 0.25) is 5.02 Å². The van der Waals surface area contributed by atoms with Crippen LogP contribution in [0.5, 0.6) is 0 Å². The molecule has 0 saturated carbocycles. The summed E-state index contributed by atoms with van der Waals surface area (Å²) in [4.78, 5) is 12.3. The number of aliphatic hydroxyl groups is 1. The van der Waals surface area contributed by atoms with Crippen LogP contribution in [0.4, 0.5) is 19.1 Å². The minimum atomic E-state index is -3.43. The summed E-state index contributed by atoms with van der Waals surface area (Å²) in [6.07, 6.45) is -1.21. The van der Waals surface area contributed by atoms with Crippen molar-refractivity contribution in [2.45, 2.75) is 44.9 Å². The summed E-state index contributed by atoms with van der Waals surface area (Å²) in [5.41, 5.74) is 0.392. The zero-order chi connectivity index (χ0) is 25.7. The highest BCUT2D eigenvalue weighted by atomic mass is 35.5. The Morgan fingerprint density at radius 1 is 1.26 bits per heavy atom. The summed E-state index contributed by atoms with van der Waals surface area (Å²) < 4.78 is 67.9. The van der Waals surface area contributed by atoms with E-state index in [4.69, 9.17) is 11.6 Å². The van der Waals surface area contributed by atoms with Crippen molar-refractivity contribution in [2.75, 3.05) is 24.7 Å². The lowest BCUT2D eigenvalue weighted by Crippen LogP contribution is -2.51. The molecule has 1 aliphatic heterocycles. The van der Waals surface area contributed by atoms with Gasteiger partial charge in [-0.05, 0) is 32.4 Å². The zero-order valence-corrected chi connectivity index (χ0v) is 20.7. The maximum Gasteiger partial charge on any atom is 0.295 e. The second-order valence-corrected chi connectivity index (χ2v) is 11.1. The van der Waals surface area contributed by atoms with Crippen LogP contribution in [0.3, 0.4) is 0 Å². The molecule has 0 bridgehead atoms. The van der Waals surface area contributed by atoms with Crippen LogP contribution in [-0.2, 0) is 10.0 Å². The summed E-state index contributed by atoms with van der Waals surface area (Å²) in [5.74, 6) is -1.24. The van der Waals surface area contributed by atoms with Gasteiger partial charge in [-0.3, -0.25) is 0 Å². The molecule has 1 fully saturated rings. The second kappa shape index (κ2) is 9.52. The smallest absolute Gasteiger partial charge is 0.295 e. The SMILES string of the molecule is CC(C)n1c(C(F)F)nc2c(F)cc(-c3nc(NC4CCN(S(C)(=O)=O)CC4O)ncc3Cl)cc21. The number of nitrogens with one attached hydrogen (secondary N) is 1. The highest BCUT2D eigenvalue weighted by Gasteiger charge is 2.32. The third kappa shape index (κ3) is 5.08. The monoisotopic (exact) mass is 532 g/mol. The number of aliphatic hydroxyl groups excluding tert-OH is 1. The molecular formula is C21H24ClF3N6O3S. The van der Waals surface area contributed by atoms with Gasteiger partial charge in [-0.25, -0.2) is 36.5 Å². The van der Waals surface area contributed by atoms with Gasteiger partial charge in [0.25, 0.3) is 6.43 Å². The molecule has 0 aliphatic carbocycles. The molecule has 3 aromatic rings. The van der Waals surface area contributed by atoms with Gasteiger partial charge in [0.05, 0.1) is 40.8 Å². The Bertz CT molecular complexity index is 1370. The molecule has 1 aromatic carbocycles. The molecule has 4 rings (SSSR count). The van der Waals surface area contributed by atoms with Gasteiger partial charge >= 0.3 is 0 Å². The number of fused-ring (bicyclic) bond motifs is 1. The topological polar surface area (TPSA) is 113 Å². The van der Waals surface area contributed by atoms with Crippen molar-refractivity contribution in [3.8, 4) is 11.3 Å². The normalized spacial score (nSPS) is 19.7. The highest BCUT2D eigenvalue weighted by Crippen LogP contribution is 2.34. The molecule has 2 aromatic heterocycles. The lowest BCUT2D eigenvalue weighted by atomic mass is 10.0. The number of aromatic nitrogens is 4. The molecule has 3 heterocycles. The number of alkyl halides is 2. The van der Waals surface area contributed by atoms with E-state index in [9.17, 15) is 26.7 Å². The fourth-order valence-electron chi connectivity index (χ4n) is 4.18. The number of hydrogen-bond acceptors (Lipinski definition) is 7. The van der Waals surface area contributed by atoms with Crippen LogP contribution >= 0.6 is 11.6 Å². The average Bonchev–Trinajstić information content (AvgIpc) is 3.16. The molecule has 9 nitrogen and oxygen atoms in total. The van der Waals surface area contributed by atoms with E-state index >= 15 is 0 Å². The van der Waals surface area contributed by atoms with E-state index in [-0.39, 0.29) is 46.4 Å². The Balaban J connectivity index is 1.69. The molecule has 1 saturated heterocycles. The van der Waals surface area contributed by atoms with Gasteiger partial charge < -0.3 is 15.0 Å². The summed E-state index contributed by atoms with van der Waals surface area (Å²) in [5, 5.41) is 13.5. The summed E-state index contributed by atoms with van der Waals surface area (Å²) in [7, 11) is -3.43. The van der Waals surface area contributed by atoms with Crippen LogP contribution in [0.25, 0.3) is 22.3 Å². The Morgan fingerprint density at radius 2 is 1.97 bits per heavy atom. The van der Waals surface area contributed by atoms with Gasteiger partial charge in [-0.15, -0.1) is 0 Å². The number of imidazole rings is 1. The third-order valence-electron chi connectivity index (χ3n) is 5.83. The first-order valence-electron chi connectivity index (χ1n) is 10.8. The molecule has 2 N–H and O–H groups in total. The minimum absolute atomic E-state index is 0.0789. The molecule has 35 heavy (non-hydrogen) atoms. The van der Waals surface area contributed by atoms with Crippen molar-refractivity contribution in [3.05, 3.63) is 35.0 Å². The Kier molecular flexibility index (Phi) is 6.97. The third-order valence-corrected chi connectivity index (χ3v) is 7.38. The van der Waals surface area contributed by atoms with Gasteiger partial charge in [0, 0.05) is 24.7 Å². The van der Waals surface area contributed by atoms with Crippen LogP contribution in [0.15, 0.2) is 18.3 Å². The molecule has 14 heteroatoms. The van der Waals surface area contributed by atoms with Crippen molar-refractivity contribution in [2.24, 2.45) is 0 Å². The minimum Gasteiger partial charge on any atom is -0.390 e. The second-order valence-electron chi connectivity index (χ2n) is 8.68. The van der Waals surface area contributed by atoms with Crippen LogP contribution in [0.1, 0.15) is 38.6 Å². The number of piperidine rings is 1. The van der Waals surface area contributed by atoms with Crippen molar-refractivity contribution >= 4 is 38.6 Å². The van der Waals surface area contributed by atoms with Crippen LogP contribution in [0, 0.1) is 5.82 Å². The van der Waals surface area contributed by atoms with Crippen molar-refractivity contribution < 1.29 is 26.7 Å². The predicted octanol–water partition coefficient (Wildman–Crippen LogP) is 3.61. The van der Waals surface area contributed by atoms with Crippen LogP contribution in [-0.4, -0.2) is 68.8 Å². The number of nitrogens with zero attached hydrogens (tertiary/aromatic N) is 5. The summed E-state index contributed by atoms with van der Waals surface area (Å²) >= 11 is 6.29. The molecule has 0 radical (unpaired) electrons. The largest absolute Gasteiger partial charge is 0.390 e. The Labute approximate surface area is 205 Å². The fourth-order valence-corrected chi connectivity index (χ4v) is 5.24. The number of anilines is 1. The highest BCUT2D eigenvalue weighted by molar-refractivity contribution is 7.88. The van der Waals surface area contributed by atoms with Crippen molar-refractivity contribution in [3.63, 3.8) is 0 Å². The maximum atomic E-state index is 14.9. The number of β-amino-alcohol motifs (C(OH)–C–C–N with tert-alkyl or cyclic N) is 1. The van der Waals surface area contributed by atoms with Crippen molar-refractivity contribution in [1.82, 2.24) is 23.8 Å². The average molecular weight is 533 g/mol. The van der Waals surface area contributed by atoms with E-state index in [0.29, 0.717) is 6.42 Å². The fraction of sp³-hybridized carbons (Fsp3) is 0.476. The van der Waals surface area contributed by atoms with Gasteiger partial charge in [-0.1, -0.05) is 11.6 Å². The standard InChI is InChI=1S/C21H24ClF3N6O3S/c1-10(2)31-15-7-11(6-13(23)18(15)28-20(31)19(24)25)17-12(22)8-26-21(29-17)27-14-4-5-30(9-16(14)32)35(3,33)34/h6-8,10,14,16,19,32H,4-5,9H2,1-3H3,(H,26,27,29). The first-order valence-corrected chi connectivity index (χ1v) is 13.0. The number of hydrogen-bond donors (Lipinski definition) is 2. The number of rotatable bonds is 6. The van der Waals surface area contributed by atoms with Gasteiger partial charge in [-0.2, -0.15) is 4.31 Å². The Morgan fingerprint density at radius 3 is 2.57 bits per heavy atom. The molecule has 0 spiro atoms. The zero-order valence-electron chi connectivity index (χ0n) is 19.1. The van der Waals surface area contributed by atoms with E-state index in [1.165, 1.54) is 21.1 Å². The van der Waals surface area contributed by atoms with E-state index < -0.39 is 46.3 Å². The van der Waals surface area contributed by atoms with E-state index in [0.717, 1.165) is 12.3 Å². The first kappa shape index (κ1) is 25.6. The number of benzene rings is 1. The van der Waals surface area contributed by atoms with E-state index in [1.54, 1.807) is 13.8 Å². The molecular weight excluding hydrogens is 509 g/mol. The van der Waals surface area contributed by atoms with Crippen LogP contribution < -0.4 is 5.32 Å². The summed E-state index contributed by atoms with van der Waals surface area (Å²) in [6, 6.07) is 1.68. The first-order chi connectivity index (χ1) is 16.4. The maximum absolute atomic E-state index is 14.9. The Hall–Kier alpha value is -2.48. The lowest BCUT2D eigenvalue weighted by Gasteiger charge is -2.34. The van der Waals surface area contributed by atoms with E-state index in [2.05, 4.69) is 20.3 Å². The van der Waals surface area contributed by atoms with Gasteiger partial charge in [0.1, 0.15) is 5.52 Å². The molecule has 0 amide bonds.